The van der Waals surface area contributed by atoms with Gasteiger partial charge >= 0.3 is 11.9 Å². The van der Waals surface area contributed by atoms with Crippen LogP contribution in [0.25, 0.3) is 0 Å². The summed E-state index contributed by atoms with van der Waals surface area (Å²) in [5, 5.41) is 29.3. The number of nitrogens with two attached hydrogens (primary N) is 2. The maximum Gasteiger partial charge on any atom is 0.305 e. The SMILES string of the molecule is C.C.C.C.CCC(=O)CCCC(=O)CC.CN.CN.CO.CO.COC(=O)CCCC(=O)OC.N#COCN=C=O.N#COCN=C=O. The molecule has 0 radical (unpaired) electrons. The molecule has 0 aromatic rings. The average molecular weight is 703 g/mol. The van der Waals surface area contributed by atoms with Crippen molar-refractivity contribution < 1.29 is 57.9 Å². The van der Waals surface area contributed by atoms with E-state index in [0.717, 1.165) is 20.6 Å². The van der Waals surface area contributed by atoms with Gasteiger partial charge in [0.1, 0.15) is 11.6 Å². The number of methoxy groups -OCH3 is 2. The first-order valence-corrected chi connectivity index (χ1v) is 12.5. The summed E-state index contributed by atoms with van der Waals surface area (Å²) in [6, 6.07) is 0. The molecule has 0 heterocycles. The van der Waals surface area contributed by atoms with Crippen molar-refractivity contribution in [3.05, 3.63) is 0 Å². The molecule has 0 saturated carbocycles. The van der Waals surface area contributed by atoms with Gasteiger partial charge < -0.3 is 40.6 Å². The number of rotatable bonds is 14. The molecule has 0 fully saturated rings. The van der Waals surface area contributed by atoms with Crippen LogP contribution < -0.4 is 11.5 Å². The minimum Gasteiger partial charge on any atom is -0.469 e. The van der Waals surface area contributed by atoms with Crippen molar-refractivity contribution in [2.24, 2.45) is 21.5 Å². The van der Waals surface area contributed by atoms with Crippen molar-refractivity contribution in [1.29, 1.82) is 10.5 Å². The fourth-order valence-corrected chi connectivity index (χ4v) is 1.59. The third-order valence-electron chi connectivity index (χ3n) is 3.43. The normalized spacial score (nSPS) is 6.38. The van der Waals surface area contributed by atoms with Gasteiger partial charge in [-0.15, -0.1) is 0 Å². The molecule has 18 nitrogen and oxygen atoms in total. The zero-order valence-electron chi connectivity index (χ0n) is 27.0. The minimum atomic E-state index is -0.297. The smallest absolute Gasteiger partial charge is 0.305 e. The van der Waals surface area contributed by atoms with Gasteiger partial charge in [-0.05, 0) is 26.9 Å². The topological polar surface area (TPSA) is 304 Å². The van der Waals surface area contributed by atoms with Gasteiger partial charge in [-0.25, -0.2) is 9.59 Å². The second-order valence-electron chi connectivity index (χ2n) is 5.87. The number of aliphatic hydroxyl groups excluding tert-OH is 2. The lowest BCUT2D eigenvalue weighted by atomic mass is 10.1. The second-order valence-corrected chi connectivity index (χ2v) is 5.87. The van der Waals surface area contributed by atoms with Gasteiger partial charge in [0, 0.05) is 52.7 Å². The Hall–Kier alpha value is -4.54. The summed E-state index contributed by atoms with van der Waals surface area (Å²) in [5.41, 5.74) is 9.00. The van der Waals surface area contributed by atoms with E-state index in [1.54, 1.807) is 0 Å². The van der Waals surface area contributed by atoms with Crippen LogP contribution >= 0.6 is 0 Å². The number of isocyanates is 2. The highest BCUT2D eigenvalue weighted by atomic mass is 16.5. The molecule has 0 aromatic carbocycles. The van der Waals surface area contributed by atoms with Crippen LogP contribution in [0.15, 0.2) is 9.98 Å². The Morgan fingerprint density at radius 1 is 0.604 bits per heavy atom. The number of Topliss-reactive ketones (excluding diaryl/α,β-unsaturated/α-hetero) is 2. The predicted octanol–water partition coefficient (Wildman–Crippen LogP) is 3.08. The molecule has 0 atom stereocenters. The highest BCUT2D eigenvalue weighted by molar-refractivity contribution is 5.80. The summed E-state index contributed by atoms with van der Waals surface area (Å²) in [6.07, 6.45) is 9.16. The van der Waals surface area contributed by atoms with Gasteiger partial charge in [-0.1, -0.05) is 43.6 Å². The van der Waals surface area contributed by atoms with E-state index in [-0.39, 0.29) is 79.5 Å². The number of aliphatic hydroxyl groups is 2. The molecular weight excluding hydrogens is 636 g/mol. The lowest BCUT2D eigenvalue weighted by Crippen LogP contribution is -2.04. The molecule has 0 rings (SSSR count). The lowest BCUT2D eigenvalue weighted by molar-refractivity contribution is -0.142. The van der Waals surface area contributed by atoms with Crippen LogP contribution in [0.4, 0.5) is 0 Å². The molecule has 0 aromatic heterocycles. The quantitative estimate of drug-likeness (QED) is 0.0664. The van der Waals surface area contributed by atoms with Crippen molar-refractivity contribution in [1.82, 2.24) is 0 Å². The number of carbonyl (C=O) groups is 4. The van der Waals surface area contributed by atoms with Crippen LogP contribution in [-0.2, 0) is 47.7 Å². The Morgan fingerprint density at radius 3 is 1.04 bits per heavy atom. The summed E-state index contributed by atoms with van der Waals surface area (Å²) in [7, 11) is 7.64. The highest BCUT2D eigenvalue weighted by Crippen LogP contribution is 2.01. The molecule has 0 spiro atoms. The van der Waals surface area contributed by atoms with Crippen LogP contribution in [-0.4, -0.2) is 102 Å². The average Bonchev–Trinajstić information content (AvgIpc) is 3.09. The van der Waals surface area contributed by atoms with Crippen molar-refractivity contribution in [2.45, 2.75) is 94.9 Å². The van der Waals surface area contributed by atoms with Crippen molar-refractivity contribution >= 4 is 35.7 Å². The first kappa shape index (κ1) is 79.2. The maximum atomic E-state index is 10.8. The number of carbonyl (C=O) groups excluding carboxylic acids is 6. The summed E-state index contributed by atoms with van der Waals surface area (Å²) in [4.78, 5) is 66.8. The van der Waals surface area contributed by atoms with Crippen LogP contribution in [0.2, 0.25) is 0 Å². The van der Waals surface area contributed by atoms with E-state index >= 15 is 0 Å². The first-order valence-electron chi connectivity index (χ1n) is 12.5. The molecule has 0 amide bonds. The highest BCUT2D eigenvalue weighted by Gasteiger charge is 2.03. The largest absolute Gasteiger partial charge is 0.469 e. The van der Waals surface area contributed by atoms with E-state index in [1.165, 1.54) is 53.0 Å². The monoisotopic (exact) mass is 702 g/mol. The Kier molecular flexibility index (Phi) is 160. The van der Waals surface area contributed by atoms with E-state index in [0.29, 0.717) is 32.1 Å². The Labute approximate surface area is 289 Å². The number of ether oxygens (including phenoxy) is 4. The third-order valence-corrected chi connectivity index (χ3v) is 3.43. The number of ketones is 2. The molecular formula is C30H66N6O12. The number of nitriles is 2. The Balaban J connectivity index is -0.0000000331. The van der Waals surface area contributed by atoms with Gasteiger partial charge in [0.25, 0.3) is 12.5 Å². The van der Waals surface area contributed by atoms with Crippen LogP contribution in [0.5, 0.6) is 0 Å². The Morgan fingerprint density at radius 2 is 0.854 bits per heavy atom. The van der Waals surface area contributed by atoms with E-state index < -0.39 is 0 Å². The van der Waals surface area contributed by atoms with Crippen molar-refractivity contribution in [3.8, 4) is 12.5 Å². The number of aliphatic imine (C=N–C) groups is 2. The second kappa shape index (κ2) is 96.8. The molecule has 0 unspecified atom stereocenters. The molecule has 0 bridgehead atoms. The van der Waals surface area contributed by atoms with Crippen LogP contribution in [0.1, 0.15) is 94.9 Å². The predicted molar refractivity (Wildman–Crippen MR) is 185 cm³/mol. The zero-order valence-corrected chi connectivity index (χ0v) is 27.0. The lowest BCUT2D eigenvalue weighted by Gasteiger charge is -1.97. The molecule has 288 valence electrons. The fraction of sp³-hybridized carbons (Fsp3) is 0.733. The van der Waals surface area contributed by atoms with Gasteiger partial charge in [0.05, 0.1) is 14.2 Å². The first-order chi connectivity index (χ1) is 21.2. The van der Waals surface area contributed by atoms with Crippen molar-refractivity contribution in [2.75, 3.05) is 56.0 Å². The number of hydrogen-bond donors (Lipinski definition) is 4. The van der Waals surface area contributed by atoms with Crippen LogP contribution in [0, 0.1) is 23.0 Å². The summed E-state index contributed by atoms with van der Waals surface area (Å²) < 4.78 is 16.6. The van der Waals surface area contributed by atoms with E-state index in [1.807, 2.05) is 13.8 Å². The van der Waals surface area contributed by atoms with Gasteiger partial charge in [-0.2, -0.15) is 20.5 Å². The standard InChI is InChI=1S/C9H16O2.C7H12O4.2C3H2N2O2.2CH5N.2CH4O.4CH4/c1-3-8(10)6-5-7-9(11)4-2;1-10-6(8)4-3-5-7(9)11-2;2*4-1-7-3-5-2-6;4*1-2;;;;/h3-7H2,1-2H3;3-5H2,1-2H3;2*3H2;2*2H2,1H3;2*2H,1H3;4*1H4. The van der Waals surface area contributed by atoms with E-state index in [9.17, 15) is 28.8 Å². The minimum absolute atomic E-state index is 0. The number of esters is 2. The molecule has 0 aliphatic carbocycles. The molecule has 48 heavy (non-hydrogen) atoms. The molecule has 18 heteroatoms. The third kappa shape index (κ3) is 123. The maximum absolute atomic E-state index is 10.8. The number of nitrogens with zero attached hydrogens (tertiary/aromatic N) is 4. The molecule has 0 saturated heterocycles. The van der Waals surface area contributed by atoms with Gasteiger partial charge in [0.15, 0.2) is 0 Å². The zero-order chi connectivity index (χ0) is 36.5. The number of hydrogen-bond acceptors (Lipinski definition) is 18. The summed E-state index contributed by atoms with van der Waals surface area (Å²) >= 11 is 0. The van der Waals surface area contributed by atoms with Gasteiger partial charge in [0.2, 0.25) is 25.6 Å². The van der Waals surface area contributed by atoms with Crippen LogP contribution in [0.3, 0.4) is 0 Å². The van der Waals surface area contributed by atoms with Gasteiger partial charge in [-0.3, -0.25) is 19.2 Å². The van der Waals surface area contributed by atoms with E-state index in [2.05, 4.69) is 40.4 Å². The van der Waals surface area contributed by atoms with Crippen molar-refractivity contribution in [3.63, 3.8) is 0 Å². The molecule has 6 N–H and O–H groups in total. The molecule has 0 aliphatic heterocycles. The molecule has 0 aliphatic rings. The van der Waals surface area contributed by atoms with E-state index in [4.69, 9.17) is 20.7 Å². The fourth-order valence-electron chi connectivity index (χ4n) is 1.59. The summed E-state index contributed by atoms with van der Waals surface area (Å²) in [6.45, 7) is 3.26. The summed E-state index contributed by atoms with van der Waals surface area (Å²) in [5.74, 6) is -0.0781. The Bertz CT molecular complexity index is 707.